The third-order valence-electron chi connectivity index (χ3n) is 7.39. The number of benzene rings is 3. The average molecular weight is 558 g/mol. The molecular formula is C32H33F2N5O2. The maximum atomic E-state index is 14.6. The van der Waals surface area contributed by atoms with E-state index < -0.39 is 11.6 Å². The monoisotopic (exact) mass is 557 g/mol. The molecule has 2 heterocycles. The van der Waals surface area contributed by atoms with Crippen LogP contribution in [0, 0.1) is 11.6 Å². The molecule has 1 aliphatic rings. The van der Waals surface area contributed by atoms with Crippen molar-refractivity contribution in [2.24, 2.45) is 0 Å². The molecule has 4 aromatic rings. The lowest BCUT2D eigenvalue weighted by Crippen LogP contribution is -2.39. The Kier molecular flexibility index (Phi) is 8.84. The van der Waals surface area contributed by atoms with Crippen molar-refractivity contribution in [3.63, 3.8) is 0 Å². The van der Waals surface area contributed by atoms with E-state index in [9.17, 15) is 18.4 Å². The number of aromatic nitrogens is 2. The van der Waals surface area contributed by atoms with Gasteiger partial charge in [-0.25, -0.2) is 13.8 Å². The zero-order chi connectivity index (χ0) is 28.8. The quantitative estimate of drug-likeness (QED) is 0.342. The summed E-state index contributed by atoms with van der Waals surface area (Å²) in [5.74, 6) is -2.53. The summed E-state index contributed by atoms with van der Waals surface area (Å²) in [7, 11) is 0. The van der Waals surface area contributed by atoms with Crippen molar-refractivity contribution < 1.29 is 18.4 Å². The second-order valence-electron chi connectivity index (χ2n) is 10.3. The Bertz CT molecular complexity index is 1490. The van der Waals surface area contributed by atoms with E-state index in [0.29, 0.717) is 56.8 Å². The Hall–Kier alpha value is -4.37. The molecule has 0 spiro atoms. The van der Waals surface area contributed by atoms with Gasteiger partial charge in [-0.15, -0.1) is 0 Å². The summed E-state index contributed by atoms with van der Waals surface area (Å²) in [4.78, 5) is 36.4. The first-order valence-electron chi connectivity index (χ1n) is 13.7. The van der Waals surface area contributed by atoms with Gasteiger partial charge in [-0.3, -0.25) is 14.5 Å². The fourth-order valence-corrected chi connectivity index (χ4v) is 5.30. The van der Waals surface area contributed by atoms with Crippen molar-refractivity contribution in [2.75, 3.05) is 31.1 Å². The number of anilines is 1. The van der Waals surface area contributed by atoms with E-state index in [1.807, 2.05) is 47.2 Å². The van der Waals surface area contributed by atoms with Gasteiger partial charge in [0.1, 0.15) is 0 Å². The molecule has 41 heavy (non-hydrogen) atoms. The van der Waals surface area contributed by atoms with Gasteiger partial charge in [0.15, 0.2) is 11.6 Å². The lowest BCUT2D eigenvalue weighted by atomic mass is 10.0. The van der Waals surface area contributed by atoms with E-state index in [4.69, 9.17) is 0 Å². The SMILES string of the molecule is CC(=O)N1CCCN(Cc2ccccc2)CCN(C(=O)c2ccccc2Cn2ccnc2)Cc2cc(F)c(F)cc21. The van der Waals surface area contributed by atoms with Gasteiger partial charge in [0.25, 0.3) is 5.91 Å². The summed E-state index contributed by atoms with van der Waals surface area (Å²) < 4.78 is 30.9. The van der Waals surface area contributed by atoms with Crippen LogP contribution in [0.2, 0.25) is 0 Å². The third kappa shape index (κ3) is 6.86. The standard InChI is InChI=1S/C32H33F2N5O2/c1-24(40)39-14-7-13-36(20-25-8-3-2-4-9-25)16-17-38(22-27-18-29(33)30(34)19-31(27)39)32(41)28-11-6-5-10-26(28)21-37-15-12-35-23-37/h2-6,8-12,15,18-19,23H,7,13-14,16-17,20-22H2,1H3. The van der Waals surface area contributed by atoms with Gasteiger partial charge < -0.3 is 14.4 Å². The van der Waals surface area contributed by atoms with Crippen LogP contribution >= 0.6 is 0 Å². The zero-order valence-electron chi connectivity index (χ0n) is 23.0. The number of amides is 2. The molecule has 7 nitrogen and oxygen atoms in total. The van der Waals surface area contributed by atoms with Crippen LogP contribution in [0.3, 0.4) is 0 Å². The van der Waals surface area contributed by atoms with Crippen LogP contribution in [0.1, 0.15) is 40.4 Å². The Morgan fingerprint density at radius 1 is 0.878 bits per heavy atom. The normalized spacial score (nSPS) is 14.8. The maximum Gasteiger partial charge on any atom is 0.254 e. The summed E-state index contributed by atoms with van der Waals surface area (Å²) in [5.41, 5.74) is 3.16. The second-order valence-corrected chi connectivity index (χ2v) is 10.3. The van der Waals surface area contributed by atoms with Crippen LogP contribution < -0.4 is 4.90 Å². The van der Waals surface area contributed by atoms with Crippen LogP contribution in [-0.4, -0.2) is 57.3 Å². The minimum atomic E-state index is -1.03. The first-order chi connectivity index (χ1) is 19.9. The molecule has 0 fully saturated rings. The van der Waals surface area contributed by atoms with Crippen LogP contribution in [0.15, 0.2) is 85.5 Å². The molecule has 3 aromatic carbocycles. The van der Waals surface area contributed by atoms with E-state index in [0.717, 1.165) is 23.3 Å². The second kappa shape index (κ2) is 12.9. The van der Waals surface area contributed by atoms with E-state index >= 15 is 0 Å². The van der Waals surface area contributed by atoms with Crippen molar-refractivity contribution >= 4 is 17.5 Å². The van der Waals surface area contributed by atoms with E-state index in [2.05, 4.69) is 22.0 Å². The van der Waals surface area contributed by atoms with Crippen molar-refractivity contribution in [3.8, 4) is 0 Å². The molecule has 1 aliphatic heterocycles. The number of carbonyl (C=O) groups is 2. The lowest BCUT2D eigenvalue weighted by Gasteiger charge is -2.29. The number of halogens is 2. The minimum absolute atomic E-state index is 0.0216. The van der Waals surface area contributed by atoms with Gasteiger partial charge in [-0.05, 0) is 35.2 Å². The highest BCUT2D eigenvalue weighted by Gasteiger charge is 2.26. The molecule has 0 saturated heterocycles. The van der Waals surface area contributed by atoms with Crippen LogP contribution in [-0.2, 0) is 24.4 Å². The van der Waals surface area contributed by atoms with Crippen molar-refractivity contribution in [1.82, 2.24) is 19.4 Å². The summed E-state index contributed by atoms with van der Waals surface area (Å²) in [5, 5.41) is 0. The number of fused-ring (bicyclic) bond motifs is 1. The van der Waals surface area contributed by atoms with E-state index in [1.165, 1.54) is 11.8 Å². The molecule has 0 bridgehead atoms. The highest BCUT2D eigenvalue weighted by molar-refractivity contribution is 5.96. The molecule has 2 amide bonds. The Morgan fingerprint density at radius 2 is 1.63 bits per heavy atom. The molecule has 0 radical (unpaired) electrons. The first-order valence-corrected chi connectivity index (χ1v) is 13.7. The summed E-state index contributed by atoms with van der Waals surface area (Å²) in [6, 6.07) is 19.6. The number of rotatable bonds is 5. The fraction of sp³-hybridized carbons (Fsp3) is 0.281. The molecular weight excluding hydrogens is 524 g/mol. The number of hydrogen-bond acceptors (Lipinski definition) is 4. The van der Waals surface area contributed by atoms with Crippen molar-refractivity contribution in [1.29, 1.82) is 0 Å². The largest absolute Gasteiger partial charge is 0.333 e. The average Bonchev–Trinajstić information content (AvgIpc) is 3.47. The number of hydrogen-bond donors (Lipinski definition) is 0. The molecule has 0 N–H and O–H groups in total. The van der Waals surface area contributed by atoms with E-state index in [1.54, 1.807) is 23.5 Å². The number of imidazole rings is 1. The Morgan fingerprint density at radius 3 is 2.39 bits per heavy atom. The zero-order valence-corrected chi connectivity index (χ0v) is 23.0. The molecule has 0 unspecified atom stereocenters. The van der Waals surface area contributed by atoms with Crippen LogP contribution in [0.4, 0.5) is 14.5 Å². The van der Waals surface area contributed by atoms with Gasteiger partial charge in [0, 0.05) is 76.8 Å². The number of nitrogens with zero attached hydrogens (tertiary/aromatic N) is 5. The van der Waals surface area contributed by atoms with E-state index in [-0.39, 0.29) is 24.0 Å². The van der Waals surface area contributed by atoms with Crippen molar-refractivity contribution in [2.45, 2.75) is 33.0 Å². The Labute approximate surface area is 238 Å². The fourth-order valence-electron chi connectivity index (χ4n) is 5.30. The highest BCUT2D eigenvalue weighted by Crippen LogP contribution is 2.28. The van der Waals surface area contributed by atoms with Gasteiger partial charge >= 0.3 is 0 Å². The van der Waals surface area contributed by atoms with Crippen molar-refractivity contribution in [3.05, 3.63) is 119 Å². The first kappa shape index (κ1) is 28.2. The van der Waals surface area contributed by atoms with Gasteiger partial charge in [0.05, 0.1) is 12.0 Å². The smallest absolute Gasteiger partial charge is 0.254 e. The predicted molar refractivity (Wildman–Crippen MR) is 153 cm³/mol. The van der Waals surface area contributed by atoms with Gasteiger partial charge in [-0.1, -0.05) is 48.5 Å². The summed E-state index contributed by atoms with van der Waals surface area (Å²) in [6.45, 7) is 4.53. The highest BCUT2D eigenvalue weighted by atomic mass is 19.2. The summed E-state index contributed by atoms with van der Waals surface area (Å²) in [6.07, 6.45) is 5.84. The predicted octanol–water partition coefficient (Wildman–Crippen LogP) is 5.11. The van der Waals surface area contributed by atoms with Crippen LogP contribution in [0.25, 0.3) is 0 Å². The Balaban J connectivity index is 1.52. The van der Waals surface area contributed by atoms with Gasteiger partial charge in [-0.2, -0.15) is 0 Å². The van der Waals surface area contributed by atoms with Crippen LogP contribution in [0.5, 0.6) is 0 Å². The molecule has 0 aliphatic carbocycles. The molecule has 0 saturated carbocycles. The molecule has 1 aromatic heterocycles. The number of carbonyl (C=O) groups excluding carboxylic acids is 2. The molecule has 9 heteroatoms. The lowest BCUT2D eigenvalue weighted by molar-refractivity contribution is -0.116. The molecule has 0 atom stereocenters. The molecule has 212 valence electrons. The van der Waals surface area contributed by atoms with Gasteiger partial charge in [0.2, 0.25) is 5.91 Å². The topological polar surface area (TPSA) is 61.7 Å². The third-order valence-corrected chi connectivity index (χ3v) is 7.39. The minimum Gasteiger partial charge on any atom is -0.333 e. The molecule has 5 rings (SSSR count). The summed E-state index contributed by atoms with van der Waals surface area (Å²) >= 11 is 0. The maximum absolute atomic E-state index is 14.6.